The van der Waals surface area contributed by atoms with Gasteiger partial charge >= 0.3 is 0 Å². The van der Waals surface area contributed by atoms with Gasteiger partial charge in [-0.25, -0.2) is 0 Å². The fourth-order valence-electron chi connectivity index (χ4n) is 1.68. The van der Waals surface area contributed by atoms with Gasteiger partial charge < -0.3 is 5.32 Å². The second-order valence-corrected chi connectivity index (χ2v) is 6.60. The molecular formula is C13H29NOS. The molecule has 0 fully saturated rings. The van der Waals surface area contributed by atoms with E-state index in [9.17, 15) is 4.21 Å². The quantitative estimate of drug-likeness (QED) is 0.601. The first-order valence-electron chi connectivity index (χ1n) is 6.63. The van der Waals surface area contributed by atoms with Crippen molar-refractivity contribution in [2.24, 2.45) is 0 Å². The molecule has 0 rings (SSSR count). The summed E-state index contributed by atoms with van der Waals surface area (Å²) < 4.78 is 11.1. The third kappa shape index (κ3) is 9.34. The predicted molar refractivity (Wildman–Crippen MR) is 74.4 cm³/mol. The van der Waals surface area contributed by atoms with Crippen LogP contribution in [0.15, 0.2) is 0 Å². The minimum atomic E-state index is -0.673. The molecule has 0 bridgehead atoms. The van der Waals surface area contributed by atoms with Gasteiger partial charge in [-0.3, -0.25) is 4.21 Å². The van der Waals surface area contributed by atoms with Crippen LogP contribution in [0, 0.1) is 0 Å². The van der Waals surface area contributed by atoms with E-state index in [1.54, 1.807) is 6.26 Å². The lowest BCUT2D eigenvalue weighted by molar-refractivity contribution is 0.477. The normalized spacial score (nSPS) is 17.0. The van der Waals surface area contributed by atoms with Gasteiger partial charge in [-0.2, -0.15) is 0 Å². The molecule has 0 aromatic heterocycles. The monoisotopic (exact) mass is 247 g/mol. The average Bonchev–Trinajstić information content (AvgIpc) is 2.24. The summed E-state index contributed by atoms with van der Waals surface area (Å²) in [6.07, 6.45) is 9.43. The predicted octanol–water partition coefficient (Wildman–Crippen LogP) is 3.09. The summed E-state index contributed by atoms with van der Waals surface area (Å²) in [5.41, 5.74) is 0. The Hall–Kier alpha value is 0.110. The van der Waals surface area contributed by atoms with Crippen LogP contribution >= 0.6 is 0 Å². The van der Waals surface area contributed by atoms with Gasteiger partial charge in [0.1, 0.15) is 0 Å². The van der Waals surface area contributed by atoms with Crippen LogP contribution in [-0.4, -0.2) is 28.3 Å². The van der Waals surface area contributed by atoms with Gasteiger partial charge in [-0.1, -0.05) is 39.5 Å². The Kier molecular flexibility index (Phi) is 10.3. The van der Waals surface area contributed by atoms with Gasteiger partial charge in [0.2, 0.25) is 0 Å². The van der Waals surface area contributed by atoms with Crippen molar-refractivity contribution < 1.29 is 4.21 Å². The minimum absolute atomic E-state index is 0.319. The Morgan fingerprint density at radius 3 is 2.38 bits per heavy atom. The van der Waals surface area contributed by atoms with E-state index < -0.39 is 10.8 Å². The smallest absolute Gasteiger partial charge is 0.0329 e. The van der Waals surface area contributed by atoms with E-state index in [1.807, 2.05) is 0 Å². The molecule has 0 aromatic rings. The molecule has 0 spiro atoms. The first-order chi connectivity index (χ1) is 7.57. The molecule has 0 aliphatic rings. The zero-order valence-electron chi connectivity index (χ0n) is 11.4. The summed E-state index contributed by atoms with van der Waals surface area (Å²) in [6.45, 7) is 7.55. The first-order valence-corrected chi connectivity index (χ1v) is 8.25. The molecule has 0 saturated carbocycles. The minimum Gasteiger partial charge on any atom is -0.314 e. The van der Waals surface area contributed by atoms with E-state index in [-0.39, 0.29) is 0 Å². The topological polar surface area (TPSA) is 29.1 Å². The fraction of sp³-hybridized carbons (Fsp3) is 1.00. The van der Waals surface area contributed by atoms with Crippen molar-refractivity contribution >= 4 is 10.8 Å². The molecule has 3 atom stereocenters. The lowest BCUT2D eigenvalue weighted by Crippen LogP contribution is -2.29. The number of hydrogen-bond donors (Lipinski definition) is 1. The van der Waals surface area contributed by atoms with Crippen molar-refractivity contribution in [3.63, 3.8) is 0 Å². The van der Waals surface area contributed by atoms with E-state index in [1.165, 1.54) is 32.1 Å². The van der Waals surface area contributed by atoms with Crippen molar-refractivity contribution in [2.45, 2.75) is 70.6 Å². The van der Waals surface area contributed by atoms with Crippen molar-refractivity contribution in [3.8, 4) is 0 Å². The average molecular weight is 247 g/mol. The number of unbranched alkanes of at least 4 members (excludes halogenated alkanes) is 3. The molecule has 0 radical (unpaired) electrons. The highest BCUT2D eigenvalue weighted by atomic mass is 32.2. The second-order valence-electron chi connectivity index (χ2n) is 4.80. The fourth-order valence-corrected chi connectivity index (χ4v) is 2.13. The summed E-state index contributed by atoms with van der Waals surface area (Å²) >= 11 is 0. The van der Waals surface area contributed by atoms with Gasteiger partial charge in [-0.15, -0.1) is 0 Å². The highest BCUT2D eigenvalue weighted by Gasteiger charge is 2.06. The standard InChI is InChI=1S/C13H29NOS/c1-5-6-7-8-9-12(2)14-11-10-13(3)16(4)15/h12-14H,5-11H2,1-4H3. The van der Waals surface area contributed by atoms with Gasteiger partial charge in [0.05, 0.1) is 0 Å². The van der Waals surface area contributed by atoms with E-state index >= 15 is 0 Å². The third-order valence-electron chi connectivity index (χ3n) is 3.10. The summed E-state index contributed by atoms with van der Waals surface area (Å²) in [4.78, 5) is 0. The number of rotatable bonds is 10. The lowest BCUT2D eigenvalue weighted by Gasteiger charge is -2.15. The van der Waals surface area contributed by atoms with Gasteiger partial charge in [-0.05, 0) is 26.3 Å². The Morgan fingerprint density at radius 2 is 1.81 bits per heavy atom. The zero-order chi connectivity index (χ0) is 12.4. The molecule has 0 aliphatic heterocycles. The Bertz CT molecular complexity index is 185. The maximum absolute atomic E-state index is 11.1. The first kappa shape index (κ1) is 16.1. The molecule has 1 N–H and O–H groups in total. The molecule has 3 heteroatoms. The lowest BCUT2D eigenvalue weighted by atomic mass is 10.1. The van der Waals surface area contributed by atoms with Crippen LogP contribution in [0.1, 0.15) is 59.3 Å². The van der Waals surface area contributed by atoms with Crippen molar-refractivity contribution in [1.82, 2.24) is 5.32 Å². The molecular weight excluding hydrogens is 218 g/mol. The van der Waals surface area contributed by atoms with E-state index in [0.29, 0.717) is 11.3 Å². The summed E-state index contributed by atoms with van der Waals surface area (Å²) in [7, 11) is -0.673. The summed E-state index contributed by atoms with van der Waals surface area (Å²) in [6, 6.07) is 0.606. The third-order valence-corrected chi connectivity index (χ3v) is 4.47. The highest BCUT2D eigenvalue weighted by Crippen LogP contribution is 2.05. The highest BCUT2D eigenvalue weighted by molar-refractivity contribution is 7.84. The van der Waals surface area contributed by atoms with Crippen LogP contribution in [0.2, 0.25) is 0 Å². The molecule has 0 aliphatic carbocycles. The van der Waals surface area contributed by atoms with Crippen molar-refractivity contribution in [3.05, 3.63) is 0 Å². The van der Waals surface area contributed by atoms with Crippen LogP contribution in [0.4, 0.5) is 0 Å². The molecule has 0 saturated heterocycles. The zero-order valence-corrected chi connectivity index (χ0v) is 12.2. The largest absolute Gasteiger partial charge is 0.314 e. The molecule has 16 heavy (non-hydrogen) atoms. The van der Waals surface area contributed by atoms with Crippen LogP contribution in [0.25, 0.3) is 0 Å². The van der Waals surface area contributed by atoms with Gasteiger partial charge in [0.15, 0.2) is 0 Å². The van der Waals surface area contributed by atoms with E-state index in [4.69, 9.17) is 0 Å². The Morgan fingerprint density at radius 1 is 1.12 bits per heavy atom. The number of nitrogens with one attached hydrogen (secondary N) is 1. The number of hydrogen-bond acceptors (Lipinski definition) is 2. The van der Waals surface area contributed by atoms with E-state index in [0.717, 1.165) is 13.0 Å². The Balaban J connectivity index is 3.36. The maximum Gasteiger partial charge on any atom is 0.0329 e. The van der Waals surface area contributed by atoms with Crippen LogP contribution < -0.4 is 5.32 Å². The van der Waals surface area contributed by atoms with Crippen molar-refractivity contribution in [2.75, 3.05) is 12.8 Å². The molecule has 2 nitrogen and oxygen atoms in total. The van der Waals surface area contributed by atoms with Crippen LogP contribution in [0.3, 0.4) is 0 Å². The van der Waals surface area contributed by atoms with E-state index in [2.05, 4.69) is 26.1 Å². The summed E-state index contributed by atoms with van der Waals surface area (Å²) in [5, 5.41) is 3.83. The molecule has 0 heterocycles. The molecule has 98 valence electrons. The van der Waals surface area contributed by atoms with Crippen molar-refractivity contribution in [1.29, 1.82) is 0 Å². The van der Waals surface area contributed by atoms with Crippen LogP contribution in [-0.2, 0) is 10.8 Å². The molecule has 0 aromatic carbocycles. The molecule has 3 unspecified atom stereocenters. The SMILES string of the molecule is CCCCCCC(C)NCCC(C)S(C)=O. The van der Waals surface area contributed by atoms with Gasteiger partial charge in [0, 0.05) is 28.3 Å². The van der Waals surface area contributed by atoms with Crippen LogP contribution in [0.5, 0.6) is 0 Å². The summed E-state index contributed by atoms with van der Waals surface area (Å²) in [5.74, 6) is 0. The molecule has 0 amide bonds. The van der Waals surface area contributed by atoms with Gasteiger partial charge in [0.25, 0.3) is 0 Å². The maximum atomic E-state index is 11.1. The Labute approximate surface area is 104 Å². The second kappa shape index (κ2) is 10.3.